The lowest BCUT2D eigenvalue weighted by Crippen LogP contribution is -2.38. The Bertz CT molecular complexity index is 1140. The van der Waals surface area contributed by atoms with Crippen LogP contribution in [0.3, 0.4) is 0 Å². The lowest BCUT2D eigenvalue weighted by molar-refractivity contribution is -0.122. The Morgan fingerprint density at radius 1 is 1.15 bits per heavy atom. The summed E-state index contributed by atoms with van der Waals surface area (Å²) in [6.45, 7) is 7.19. The molecular formula is C24H30N4O3S2. The van der Waals surface area contributed by atoms with Gasteiger partial charge < -0.3 is 9.64 Å². The Morgan fingerprint density at radius 3 is 2.67 bits per heavy atom. The molecule has 2 fully saturated rings. The number of rotatable bonds is 8. The molecule has 2 aromatic rings. The molecule has 0 N–H and O–H groups in total. The van der Waals surface area contributed by atoms with Gasteiger partial charge in [-0.25, -0.2) is 4.98 Å². The third-order valence-corrected chi connectivity index (χ3v) is 7.31. The van der Waals surface area contributed by atoms with Crippen molar-refractivity contribution in [1.29, 1.82) is 0 Å². The minimum atomic E-state index is -0.185. The molecule has 0 radical (unpaired) electrons. The number of hydrogen-bond donors (Lipinski definition) is 0. The Labute approximate surface area is 203 Å². The van der Waals surface area contributed by atoms with Crippen LogP contribution in [0.2, 0.25) is 0 Å². The molecule has 0 aliphatic carbocycles. The van der Waals surface area contributed by atoms with Gasteiger partial charge in [-0.05, 0) is 31.1 Å². The molecule has 2 aromatic heterocycles. The molecule has 0 aromatic carbocycles. The van der Waals surface area contributed by atoms with Gasteiger partial charge in [-0.15, -0.1) is 0 Å². The highest BCUT2D eigenvalue weighted by Crippen LogP contribution is 2.34. The van der Waals surface area contributed by atoms with Gasteiger partial charge in [0, 0.05) is 25.8 Å². The summed E-state index contributed by atoms with van der Waals surface area (Å²) in [6.07, 6.45) is 9.05. The van der Waals surface area contributed by atoms with Crippen LogP contribution in [0.15, 0.2) is 28.0 Å². The molecule has 1 amide bonds. The van der Waals surface area contributed by atoms with Crippen LogP contribution in [0.5, 0.6) is 0 Å². The van der Waals surface area contributed by atoms with Gasteiger partial charge in [0.15, 0.2) is 0 Å². The molecule has 4 heterocycles. The first kappa shape index (κ1) is 23.9. The number of carbonyl (C=O) groups is 1. The Hall–Kier alpha value is -2.23. The molecule has 0 saturated carbocycles. The third-order valence-electron chi connectivity index (χ3n) is 5.93. The van der Waals surface area contributed by atoms with Crippen LogP contribution in [0.4, 0.5) is 5.82 Å². The van der Waals surface area contributed by atoms with E-state index in [2.05, 4.69) is 11.8 Å². The number of ether oxygens (including phenoxy) is 1. The van der Waals surface area contributed by atoms with Crippen molar-refractivity contribution in [2.45, 2.75) is 46.0 Å². The summed E-state index contributed by atoms with van der Waals surface area (Å²) < 4.78 is 7.60. The topological polar surface area (TPSA) is 67.2 Å². The predicted octanol–water partition coefficient (Wildman–Crippen LogP) is 4.01. The van der Waals surface area contributed by atoms with Gasteiger partial charge in [0.2, 0.25) is 0 Å². The Kier molecular flexibility index (Phi) is 7.82. The van der Waals surface area contributed by atoms with Crippen molar-refractivity contribution >= 4 is 51.7 Å². The maximum atomic E-state index is 13.5. The van der Waals surface area contributed by atoms with E-state index < -0.39 is 0 Å². The number of unbranched alkanes of at least 4 members (excludes halogenated alkanes) is 4. The molecule has 7 nitrogen and oxygen atoms in total. The fourth-order valence-electron chi connectivity index (χ4n) is 4.09. The molecule has 0 atom stereocenters. The first-order valence-electron chi connectivity index (χ1n) is 11.6. The Morgan fingerprint density at radius 2 is 1.91 bits per heavy atom. The molecule has 4 rings (SSSR count). The molecule has 9 heteroatoms. The number of aromatic nitrogens is 2. The van der Waals surface area contributed by atoms with E-state index in [0.717, 1.165) is 18.4 Å². The number of nitrogens with zero attached hydrogens (tertiary/aromatic N) is 4. The van der Waals surface area contributed by atoms with Gasteiger partial charge in [-0.1, -0.05) is 62.7 Å². The first-order chi connectivity index (χ1) is 16.0. The minimum Gasteiger partial charge on any atom is -0.378 e. The van der Waals surface area contributed by atoms with Crippen LogP contribution in [0.1, 0.15) is 50.2 Å². The quantitative estimate of drug-likeness (QED) is 0.317. The van der Waals surface area contributed by atoms with Crippen molar-refractivity contribution in [2.24, 2.45) is 0 Å². The SMILES string of the molecule is CCCCCCCN1C(=O)/C(=C\c2c(N3CCOCC3)nc3ccc(C)cn3c2=O)SC1=S. The van der Waals surface area contributed by atoms with E-state index in [1.165, 1.54) is 31.0 Å². The van der Waals surface area contributed by atoms with Gasteiger partial charge in [0.05, 0.1) is 23.7 Å². The molecule has 0 spiro atoms. The smallest absolute Gasteiger partial charge is 0.267 e. The zero-order chi connectivity index (χ0) is 23.4. The minimum absolute atomic E-state index is 0.123. The summed E-state index contributed by atoms with van der Waals surface area (Å²) in [5.41, 5.74) is 1.79. The summed E-state index contributed by atoms with van der Waals surface area (Å²) in [6, 6.07) is 3.79. The van der Waals surface area contributed by atoms with Crippen LogP contribution in [0.25, 0.3) is 11.7 Å². The second-order valence-corrected chi connectivity index (χ2v) is 10.1. The second kappa shape index (κ2) is 10.8. The van der Waals surface area contributed by atoms with Crippen LogP contribution in [-0.2, 0) is 9.53 Å². The molecule has 0 unspecified atom stereocenters. The fraction of sp³-hybridized carbons (Fsp3) is 0.500. The van der Waals surface area contributed by atoms with Crippen LogP contribution >= 0.6 is 24.0 Å². The number of fused-ring (bicyclic) bond motifs is 1. The number of carbonyl (C=O) groups excluding carboxylic acids is 1. The van der Waals surface area contributed by atoms with E-state index in [1.807, 2.05) is 19.1 Å². The second-order valence-electron chi connectivity index (χ2n) is 8.44. The highest BCUT2D eigenvalue weighted by molar-refractivity contribution is 8.26. The van der Waals surface area contributed by atoms with Crippen LogP contribution in [-0.4, -0.2) is 57.4 Å². The maximum Gasteiger partial charge on any atom is 0.267 e. The number of anilines is 1. The average molecular weight is 487 g/mol. The number of hydrogen-bond acceptors (Lipinski definition) is 7. The van der Waals surface area contributed by atoms with Crippen molar-refractivity contribution in [3.8, 4) is 0 Å². The molecular weight excluding hydrogens is 456 g/mol. The summed E-state index contributed by atoms with van der Waals surface area (Å²) in [4.78, 5) is 35.7. The number of thiocarbonyl (C=S) groups is 1. The first-order valence-corrected chi connectivity index (χ1v) is 12.8. The average Bonchev–Trinajstić information content (AvgIpc) is 3.08. The van der Waals surface area contributed by atoms with Crippen LogP contribution in [0, 0.1) is 6.92 Å². The van der Waals surface area contributed by atoms with Gasteiger partial charge in [-0.3, -0.25) is 18.9 Å². The summed E-state index contributed by atoms with van der Waals surface area (Å²) in [7, 11) is 0. The number of thioether (sulfide) groups is 1. The fourth-order valence-corrected chi connectivity index (χ4v) is 5.38. The molecule has 176 valence electrons. The summed E-state index contributed by atoms with van der Waals surface area (Å²) in [5, 5.41) is 0. The molecule has 2 saturated heterocycles. The van der Waals surface area contributed by atoms with Crippen LogP contribution < -0.4 is 10.5 Å². The third kappa shape index (κ3) is 5.31. The van der Waals surface area contributed by atoms with Crippen molar-refractivity contribution < 1.29 is 9.53 Å². The van der Waals surface area contributed by atoms with Gasteiger partial charge in [0.1, 0.15) is 15.8 Å². The van der Waals surface area contributed by atoms with Gasteiger partial charge >= 0.3 is 0 Å². The largest absolute Gasteiger partial charge is 0.378 e. The van der Waals surface area contributed by atoms with E-state index >= 15 is 0 Å². The lowest BCUT2D eigenvalue weighted by atomic mass is 10.1. The lowest BCUT2D eigenvalue weighted by Gasteiger charge is -2.29. The normalized spacial score (nSPS) is 18.2. The zero-order valence-electron chi connectivity index (χ0n) is 19.2. The number of aryl methyl sites for hydroxylation is 1. The van der Waals surface area contributed by atoms with E-state index in [9.17, 15) is 9.59 Å². The van der Waals surface area contributed by atoms with Gasteiger partial charge in [0.25, 0.3) is 11.5 Å². The van der Waals surface area contributed by atoms with E-state index in [1.54, 1.807) is 21.6 Å². The summed E-state index contributed by atoms with van der Waals surface area (Å²) >= 11 is 6.77. The van der Waals surface area contributed by atoms with Crippen molar-refractivity contribution in [3.63, 3.8) is 0 Å². The number of pyridine rings is 1. The molecule has 2 aliphatic heterocycles. The van der Waals surface area contributed by atoms with Crippen molar-refractivity contribution in [3.05, 3.63) is 44.7 Å². The van der Waals surface area contributed by atoms with E-state index in [4.69, 9.17) is 21.9 Å². The highest BCUT2D eigenvalue weighted by Gasteiger charge is 2.32. The standard InChI is InChI=1S/C24H30N4O3S2/c1-3-4-5-6-7-10-27-23(30)19(33-24(27)32)15-18-21(26-11-13-31-14-12-26)25-20-9-8-17(2)16-28(20)22(18)29/h8-9,15-16H,3-7,10-14H2,1-2H3/b19-15+. The van der Waals surface area contributed by atoms with E-state index in [-0.39, 0.29) is 11.5 Å². The number of morpholine rings is 1. The summed E-state index contributed by atoms with van der Waals surface area (Å²) in [5.74, 6) is 0.471. The highest BCUT2D eigenvalue weighted by atomic mass is 32.2. The predicted molar refractivity (Wildman–Crippen MR) is 138 cm³/mol. The molecule has 2 aliphatic rings. The molecule has 33 heavy (non-hydrogen) atoms. The van der Waals surface area contributed by atoms with Crippen molar-refractivity contribution in [1.82, 2.24) is 14.3 Å². The number of amides is 1. The maximum absolute atomic E-state index is 13.5. The Balaban J connectivity index is 1.68. The van der Waals surface area contributed by atoms with E-state index in [0.29, 0.717) is 59.1 Å². The van der Waals surface area contributed by atoms with Crippen molar-refractivity contribution in [2.75, 3.05) is 37.7 Å². The van der Waals surface area contributed by atoms with Gasteiger partial charge in [-0.2, -0.15) is 0 Å². The molecule has 0 bridgehead atoms. The monoisotopic (exact) mass is 486 g/mol. The zero-order valence-corrected chi connectivity index (χ0v) is 20.8.